The van der Waals surface area contributed by atoms with E-state index in [0.29, 0.717) is 24.4 Å². The zero-order valence-electron chi connectivity index (χ0n) is 12.4. The summed E-state index contributed by atoms with van der Waals surface area (Å²) in [6.45, 7) is 1.82. The molecule has 1 aliphatic carbocycles. The smallest absolute Gasteiger partial charge is 0.284 e. The van der Waals surface area contributed by atoms with Crippen LogP contribution in [0.3, 0.4) is 0 Å². The van der Waals surface area contributed by atoms with Crippen LogP contribution in [-0.4, -0.2) is 31.1 Å². The SMILES string of the molecule is CN1CCCCC1CCOc1ccc2ccc(=O)cc-2o1. The molecule has 21 heavy (non-hydrogen) atoms. The van der Waals surface area contributed by atoms with Crippen molar-refractivity contribution < 1.29 is 9.15 Å². The molecule has 0 bridgehead atoms. The topological polar surface area (TPSA) is 42.7 Å². The van der Waals surface area contributed by atoms with Gasteiger partial charge in [-0.2, -0.15) is 0 Å². The van der Waals surface area contributed by atoms with Crippen molar-refractivity contribution in [1.29, 1.82) is 0 Å². The summed E-state index contributed by atoms with van der Waals surface area (Å²) in [5.74, 6) is 1.06. The number of nitrogens with zero attached hydrogens (tertiary/aromatic N) is 1. The molecule has 0 N–H and O–H groups in total. The van der Waals surface area contributed by atoms with Crippen molar-refractivity contribution in [2.24, 2.45) is 0 Å². The predicted molar refractivity (Wildman–Crippen MR) is 82.0 cm³/mol. The molecule has 2 aliphatic heterocycles. The predicted octanol–water partition coefficient (Wildman–Crippen LogP) is 3.00. The number of fused-ring (bicyclic) bond motifs is 1. The summed E-state index contributed by atoms with van der Waals surface area (Å²) in [6, 6.07) is 9.14. The Morgan fingerprint density at radius 2 is 2.14 bits per heavy atom. The number of piperidine rings is 1. The van der Waals surface area contributed by atoms with Crippen LogP contribution in [0.4, 0.5) is 0 Å². The monoisotopic (exact) mass is 287 g/mol. The van der Waals surface area contributed by atoms with Crippen molar-refractivity contribution >= 4 is 0 Å². The number of rotatable bonds is 4. The van der Waals surface area contributed by atoms with Gasteiger partial charge in [0.1, 0.15) is 5.76 Å². The Hall–Kier alpha value is -1.81. The van der Waals surface area contributed by atoms with Gasteiger partial charge in [0.05, 0.1) is 6.61 Å². The van der Waals surface area contributed by atoms with Crippen molar-refractivity contribution in [1.82, 2.24) is 4.90 Å². The fraction of sp³-hybridized carbons (Fsp3) is 0.471. The average molecular weight is 287 g/mol. The zero-order valence-corrected chi connectivity index (χ0v) is 12.4. The first kappa shape index (κ1) is 14.1. The summed E-state index contributed by atoms with van der Waals surface area (Å²) >= 11 is 0. The van der Waals surface area contributed by atoms with E-state index in [0.717, 1.165) is 12.0 Å². The molecule has 0 aromatic heterocycles. The van der Waals surface area contributed by atoms with Crippen molar-refractivity contribution in [2.45, 2.75) is 31.7 Å². The van der Waals surface area contributed by atoms with Crippen LogP contribution in [0.5, 0.6) is 5.95 Å². The lowest BCUT2D eigenvalue weighted by Crippen LogP contribution is -2.37. The number of hydrogen-bond acceptors (Lipinski definition) is 4. The zero-order chi connectivity index (χ0) is 14.7. The molecule has 0 saturated carbocycles. The second-order valence-electron chi connectivity index (χ2n) is 5.72. The van der Waals surface area contributed by atoms with E-state index in [1.807, 2.05) is 12.1 Å². The molecule has 4 heteroatoms. The Morgan fingerprint density at radius 3 is 3.00 bits per heavy atom. The molecule has 1 saturated heterocycles. The van der Waals surface area contributed by atoms with Gasteiger partial charge in [-0.3, -0.25) is 4.79 Å². The standard InChI is InChI=1S/C17H21NO3/c1-18-10-3-2-4-14(18)9-11-20-17-8-6-13-5-7-15(19)12-16(13)21-17/h5-8,12,14H,2-4,9-11H2,1H3. The van der Waals surface area contributed by atoms with Gasteiger partial charge in [0.25, 0.3) is 5.95 Å². The van der Waals surface area contributed by atoms with Gasteiger partial charge in [-0.15, -0.1) is 0 Å². The van der Waals surface area contributed by atoms with Gasteiger partial charge in [0.2, 0.25) is 0 Å². The van der Waals surface area contributed by atoms with Crippen molar-refractivity contribution in [3.05, 3.63) is 40.6 Å². The molecule has 1 fully saturated rings. The van der Waals surface area contributed by atoms with Crippen LogP contribution in [-0.2, 0) is 0 Å². The third-order valence-corrected chi connectivity index (χ3v) is 4.21. The van der Waals surface area contributed by atoms with E-state index in [4.69, 9.17) is 9.15 Å². The van der Waals surface area contributed by atoms with E-state index in [1.54, 1.807) is 6.07 Å². The van der Waals surface area contributed by atoms with Crippen LogP contribution in [0.2, 0.25) is 0 Å². The van der Waals surface area contributed by atoms with Crippen LogP contribution in [0.15, 0.2) is 39.5 Å². The molecular weight excluding hydrogens is 266 g/mol. The Balaban J connectivity index is 1.60. The van der Waals surface area contributed by atoms with E-state index in [-0.39, 0.29) is 5.43 Å². The molecule has 2 heterocycles. The summed E-state index contributed by atoms with van der Waals surface area (Å²) in [4.78, 5) is 13.8. The molecule has 3 rings (SSSR count). The minimum atomic E-state index is -0.0489. The van der Waals surface area contributed by atoms with Crippen molar-refractivity contribution in [2.75, 3.05) is 20.2 Å². The minimum absolute atomic E-state index is 0.0489. The normalized spacial score (nSPS) is 19.8. The van der Waals surface area contributed by atoms with Crippen molar-refractivity contribution in [3.8, 4) is 17.3 Å². The van der Waals surface area contributed by atoms with Gasteiger partial charge < -0.3 is 14.1 Å². The first-order chi connectivity index (χ1) is 10.2. The molecule has 1 unspecified atom stereocenters. The second kappa shape index (κ2) is 6.31. The van der Waals surface area contributed by atoms with Gasteiger partial charge in [-0.05, 0) is 51.1 Å². The second-order valence-corrected chi connectivity index (χ2v) is 5.72. The van der Waals surface area contributed by atoms with Crippen LogP contribution >= 0.6 is 0 Å². The third-order valence-electron chi connectivity index (χ3n) is 4.21. The van der Waals surface area contributed by atoms with Crippen LogP contribution < -0.4 is 10.2 Å². The first-order valence-corrected chi connectivity index (χ1v) is 7.59. The Kier molecular flexibility index (Phi) is 4.25. The summed E-state index contributed by atoms with van der Waals surface area (Å²) in [6.07, 6.45) is 4.85. The van der Waals surface area contributed by atoms with Crippen molar-refractivity contribution in [3.63, 3.8) is 0 Å². The highest BCUT2D eigenvalue weighted by Crippen LogP contribution is 2.25. The first-order valence-electron chi connectivity index (χ1n) is 7.59. The fourth-order valence-corrected chi connectivity index (χ4v) is 2.92. The molecule has 1 atom stereocenters. The van der Waals surface area contributed by atoms with Gasteiger partial charge in [0, 0.05) is 23.7 Å². The lowest BCUT2D eigenvalue weighted by Gasteiger charge is -2.32. The number of ether oxygens (including phenoxy) is 1. The lowest BCUT2D eigenvalue weighted by atomic mass is 10.0. The third kappa shape index (κ3) is 3.45. The summed E-state index contributed by atoms with van der Waals surface area (Å²) in [7, 11) is 2.18. The Morgan fingerprint density at radius 1 is 1.29 bits per heavy atom. The summed E-state index contributed by atoms with van der Waals surface area (Å²) in [5, 5.41) is 0. The quantitative estimate of drug-likeness (QED) is 0.867. The number of benzene rings is 1. The highest BCUT2D eigenvalue weighted by molar-refractivity contribution is 5.58. The van der Waals surface area contributed by atoms with Gasteiger partial charge in [-0.1, -0.05) is 6.42 Å². The number of hydrogen-bond donors (Lipinski definition) is 0. The maximum atomic E-state index is 11.3. The molecule has 4 nitrogen and oxygen atoms in total. The van der Waals surface area contributed by atoms with Gasteiger partial charge in [-0.25, -0.2) is 0 Å². The average Bonchev–Trinajstić information content (AvgIpc) is 2.49. The van der Waals surface area contributed by atoms with E-state index >= 15 is 0 Å². The number of likely N-dealkylation sites (tertiary alicyclic amines) is 1. The molecule has 0 spiro atoms. The maximum absolute atomic E-state index is 11.3. The van der Waals surface area contributed by atoms with E-state index in [1.165, 1.54) is 37.9 Å². The molecule has 3 aliphatic rings. The Labute approximate surface area is 124 Å². The molecule has 0 aromatic carbocycles. The molecule has 0 aromatic rings. The molecule has 112 valence electrons. The molecular formula is C17H21NO3. The lowest BCUT2D eigenvalue weighted by molar-refractivity contribution is 0.142. The fourth-order valence-electron chi connectivity index (χ4n) is 2.92. The van der Waals surface area contributed by atoms with Crippen LogP contribution in [0, 0.1) is 0 Å². The van der Waals surface area contributed by atoms with Gasteiger partial charge in [0.15, 0.2) is 5.43 Å². The largest absolute Gasteiger partial charge is 0.465 e. The van der Waals surface area contributed by atoms with E-state index in [2.05, 4.69) is 11.9 Å². The summed E-state index contributed by atoms with van der Waals surface area (Å²) < 4.78 is 11.3. The Bertz CT molecular complexity index is 622. The van der Waals surface area contributed by atoms with Gasteiger partial charge >= 0.3 is 0 Å². The van der Waals surface area contributed by atoms with Crippen LogP contribution in [0.25, 0.3) is 11.3 Å². The highest BCUT2D eigenvalue weighted by atomic mass is 16.6. The highest BCUT2D eigenvalue weighted by Gasteiger charge is 2.18. The van der Waals surface area contributed by atoms with E-state index < -0.39 is 0 Å². The minimum Gasteiger partial charge on any atom is -0.465 e. The molecule has 0 amide bonds. The van der Waals surface area contributed by atoms with E-state index in [9.17, 15) is 4.79 Å². The maximum Gasteiger partial charge on any atom is 0.284 e. The summed E-state index contributed by atoms with van der Waals surface area (Å²) in [5.41, 5.74) is 0.862. The van der Waals surface area contributed by atoms with Crippen LogP contribution in [0.1, 0.15) is 25.7 Å². The molecule has 0 radical (unpaired) electrons.